The number of nitrogens with zero attached hydrogens (tertiary/aromatic N) is 4. The van der Waals surface area contributed by atoms with Crippen LogP contribution in [0.1, 0.15) is 24.0 Å². The number of fused-ring (bicyclic) bond motifs is 1. The zero-order valence-corrected chi connectivity index (χ0v) is 16.1. The van der Waals surface area contributed by atoms with Crippen LogP contribution in [0.15, 0.2) is 47.3 Å². The van der Waals surface area contributed by atoms with E-state index in [1.807, 2.05) is 18.2 Å². The summed E-state index contributed by atoms with van der Waals surface area (Å²) in [4.78, 5) is 20.2. The van der Waals surface area contributed by atoms with Gasteiger partial charge in [-0.3, -0.25) is 9.36 Å². The summed E-state index contributed by atoms with van der Waals surface area (Å²) < 4.78 is 1.63. The molecule has 142 valence electrons. The second kappa shape index (κ2) is 7.63. The minimum Gasteiger partial charge on any atom is -0.341 e. The van der Waals surface area contributed by atoms with Crippen LogP contribution < -0.4 is 16.2 Å². The smallest absolute Gasteiger partial charge is 0.263 e. The Morgan fingerprint density at radius 3 is 2.89 bits per heavy atom. The molecule has 4 rings (SSSR count). The first-order valence-electron chi connectivity index (χ1n) is 9.25. The number of aromatic nitrogens is 2. The first-order chi connectivity index (χ1) is 13.6. The lowest BCUT2D eigenvalue weighted by molar-refractivity contribution is 0.492. The monoisotopic (exact) mass is 393 g/mol. The fourth-order valence-corrected chi connectivity index (χ4v) is 3.87. The normalized spacial score (nSPS) is 16.9. The van der Waals surface area contributed by atoms with Crippen molar-refractivity contribution in [3.8, 4) is 6.07 Å². The highest BCUT2D eigenvalue weighted by atomic mass is 35.5. The maximum atomic E-state index is 13.4. The van der Waals surface area contributed by atoms with Crippen molar-refractivity contribution in [2.45, 2.75) is 25.4 Å². The number of hydrogen-bond acceptors (Lipinski definition) is 5. The minimum absolute atomic E-state index is 0.0476. The third-order valence-corrected chi connectivity index (χ3v) is 5.34. The van der Waals surface area contributed by atoms with Gasteiger partial charge in [0, 0.05) is 24.2 Å². The number of piperidine rings is 1. The van der Waals surface area contributed by atoms with Crippen molar-refractivity contribution in [2.24, 2.45) is 5.73 Å². The van der Waals surface area contributed by atoms with E-state index < -0.39 is 0 Å². The van der Waals surface area contributed by atoms with Gasteiger partial charge in [0.2, 0.25) is 5.95 Å². The Kier molecular flexibility index (Phi) is 5.03. The third kappa shape index (κ3) is 3.47. The first kappa shape index (κ1) is 18.5. The van der Waals surface area contributed by atoms with E-state index in [4.69, 9.17) is 22.3 Å². The Morgan fingerprint density at radius 1 is 1.29 bits per heavy atom. The molecule has 1 fully saturated rings. The van der Waals surface area contributed by atoms with Gasteiger partial charge in [-0.1, -0.05) is 29.8 Å². The topological polar surface area (TPSA) is 87.9 Å². The van der Waals surface area contributed by atoms with Crippen molar-refractivity contribution < 1.29 is 0 Å². The number of hydrogen-bond donors (Lipinski definition) is 1. The van der Waals surface area contributed by atoms with Crippen LogP contribution in [0.4, 0.5) is 5.95 Å². The Morgan fingerprint density at radius 2 is 2.11 bits per heavy atom. The Bertz CT molecular complexity index is 1130. The molecule has 2 N–H and O–H groups in total. The van der Waals surface area contributed by atoms with Crippen LogP contribution in [0, 0.1) is 11.3 Å². The molecule has 0 saturated carbocycles. The first-order valence-corrected chi connectivity index (χ1v) is 9.63. The molecule has 0 unspecified atom stereocenters. The van der Waals surface area contributed by atoms with Gasteiger partial charge in [-0.2, -0.15) is 5.26 Å². The van der Waals surface area contributed by atoms with Crippen molar-refractivity contribution in [1.82, 2.24) is 9.55 Å². The van der Waals surface area contributed by atoms with E-state index in [1.165, 1.54) is 0 Å². The van der Waals surface area contributed by atoms with E-state index in [-0.39, 0.29) is 18.1 Å². The summed E-state index contributed by atoms with van der Waals surface area (Å²) >= 11 is 6.11. The van der Waals surface area contributed by atoms with Gasteiger partial charge in [0.25, 0.3) is 5.56 Å². The van der Waals surface area contributed by atoms with Crippen molar-refractivity contribution in [3.05, 3.63) is 69.0 Å². The highest BCUT2D eigenvalue weighted by Crippen LogP contribution is 2.22. The molecule has 0 spiro atoms. The lowest BCUT2D eigenvalue weighted by Crippen LogP contribution is -2.45. The van der Waals surface area contributed by atoms with E-state index in [2.05, 4.69) is 11.0 Å². The molecule has 1 aromatic heterocycles. The van der Waals surface area contributed by atoms with Crippen LogP contribution in [0.3, 0.4) is 0 Å². The molecule has 3 aromatic rings. The fraction of sp³-hybridized carbons (Fsp3) is 0.286. The third-order valence-electron chi connectivity index (χ3n) is 5.10. The van der Waals surface area contributed by atoms with Gasteiger partial charge in [0.15, 0.2) is 0 Å². The van der Waals surface area contributed by atoms with Crippen molar-refractivity contribution >= 4 is 28.5 Å². The molecule has 1 aliphatic rings. The van der Waals surface area contributed by atoms with Gasteiger partial charge in [0.1, 0.15) is 0 Å². The summed E-state index contributed by atoms with van der Waals surface area (Å²) in [5.74, 6) is 0.586. The van der Waals surface area contributed by atoms with Gasteiger partial charge >= 0.3 is 0 Å². The van der Waals surface area contributed by atoms with Crippen molar-refractivity contribution in [3.63, 3.8) is 0 Å². The summed E-state index contributed by atoms with van der Waals surface area (Å²) in [6.45, 7) is 1.70. The molecule has 1 saturated heterocycles. The molecule has 0 radical (unpaired) electrons. The largest absolute Gasteiger partial charge is 0.341 e. The Hall–Kier alpha value is -2.88. The number of anilines is 1. The van der Waals surface area contributed by atoms with Gasteiger partial charge in [-0.25, -0.2) is 4.98 Å². The molecule has 0 bridgehead atoms. The predicted octanol–water partition coefficient (Wildman–Crippen LogP) is 2.90. The second-order valence-corrected chi connectivity index (χ2v) is 7.52. The number of benzene rings is 2. The standard InChI is InChI=1S/C21H20ClN5O/c22-16-7-8-19-18(10-16)20(28)27(12-15-5-2-1-4-14(15)11-23)21(25-19)26-9-3-6-17(24)13-26/h1-2,4-5,7-8,10,17H,3,6,9,12-13,24H2/t17-/m1/s1. The number of nitrogens with two attached hydrogens (primary N) is 1. The number of rotatable bonds is 3. The summed E-state index contributed by atoms with van der Waals surface area (Å²) in [7, 11) is 0. The molecule has 1 aliphatic heterocycles. The van der Waals surface area contributed by atoms with Gasteiger partial charge in [-0.05, 0) is 42.7 Å². The highest BCUT2D eigenvalue weighted by molar-refractivity contribution is 6.31. The van der Waals surface area contributed by atoms with Crippen LogP contribution in [0.5, 0.6) is 0 Å². The van der Waals surface area contributed by atoms with Crippen molar-refractivity contribution in [1.29, 1.82) is 5.26 Å². The van der Waals surface area contributed by atoms with Crippen LogP contribution in [-0.4, -0.2) is 28.7 Å². The van der Waals surface area contributed by atoms with Gasteiger partial charge < -0.3 is 10.6 Å². The van der Waals surface area contributed by atoms with E-state index in [0.29, 0.717) is 34.0 Å². The number of halogens is 1. The van der Waals surface area contributed by atoms with Crippen molar-refractivity contribution in [2.75, 3.05) is 18.0 Å². The molecule has 2 aromatic carbocycles. The molecule has 7 heteroatoms. The van der Waals surface area contributed by atoms with Gasteiger partial charge in [-0.15, -0.1) is 0 Å². The maximum absolute atomic E-state index is 13.4. The molecule has 0 aliphatic carbocycles. The summed E-state index contributed by atoms with van der Waals surface area (Å²) in [6.07, 6.45) is 1.91. The molecule has 2 heterocycles. The van der Waals surface area contributed by atoms with E-state index in [0.717, 1.165) is 24.9 Å². The van der Waals surface area contributed by atoms with Crippen LogP contribution >= 0.6 is 11.6 Å². The molecule has 6 nitrogen and oxygen atoms in total. The molecule has 28 heavy (non-hydrogen) atoms. The average molecular weight is 394 g/mol. The lowest BCUT2D eigenvalue weighted by Gasteiger charge is -2.33. The Balaban J connectivity index is 1.91. The summed E-state index contributed by atoms with van der Waals surface area (Å²) in [5.41, 5.74) is 7.92. The zero-order valence-electron chi connectivity index (χ0n) is 15.3. The fourth-order valence-electron chi connectivity index (χ4n) is 3.69. The van der Waals surface area contributed by atoms with E-state index >= 15 is 0 Å². The lowest BCUT2D eigenvalue weighted by atomic mass is 10.1. The molecular weight excluding hydrogens is 374 g/mol. The van der Waals surface area contributed by atoms with Crippen LogP contribution in [0.2, 0.25) is 5.02 Å². The maximum Gasteiger partial charge on any atom is 0.263 e. The summed E-state index contributed by atoms with van der Waals surface area (Å²) in [6, 6.07) is 14.7. The second-order valence-electron chi connectivity index (χ2n) is 7.08. The number of nitriles is 1. The van der Waals surface area contributed by atoms with E-state index in [1.54, 1.807) is 28.8 Å². The molecule has 0 amide bonds. The van der Waals surface area contributed by atoms with E-state index in [9.17, 15) is 10.1 Å². The van der Waals surface area contributed by atoms with Crippen LogP contribution in [0.25, 0.3) is 10.9 Å². The molecule has 1 atom stereocenters. The van der Waals surface area contributed by atoms with Crippen LogP contribution in [-0.2, 0) is 6.54 Å². The zero-order chi connectivity index (χ0) is 19.7. The quantitative estimate of drug-likeness (QED) is 0.739. The Labute approximate surface area is 167 Å². The highest BCUT2D eigenvalue weighted by Gasteiger charge is 2.23. The van der Waals surface area contributed by atoms with Gasteiger partial charge in [0.05, 0.1) is 29.1 Å². The molecular formula is C21H20ClN5O. The SMILES string of the molecule is N#Cc1ccccc1Cn1c(N2CCC[C@@H](N)C2)nc2ccc(Cl)cc2c1=O. The summed E-state index contributed by atoms with van der Waals surface area (Å²) in [5, 5.41) is 10.4. The predicted molar refractivity (Wildman–Crippen MR) is 111 cm³/mol. The minimum atomic E-state index is -0.172. The average Bonchev–Trinajstić information content (AvgIpc) is 2.70.